The van der Waals surface area contributed by atoms with Crippen molar-refractivity contribution < 1.29 is 19.8 Å². The molecule has 7 heteroatoms. The van der Waals surface area contributed by atoms with Gasteiger partial charge in [-0.05, 0) is 38.5 Å². The van der Waals surface area contributed by atoms with Crippen molar-refractivity contribution in [2.75, 3.05) is 6.54 Å². The van der Waals surface area contributed by atoms with Crippen molar-refractivity contribution in [3.8, 4) is 0 Å². The summed E-state index contributed by atoms with van der Waals surface area (Å²) < 4.78 is 0. The van der Waals surface area contributed by atoms with Crippen LogP contribution in [0, 0.1) is 0 Å². The number of hydrogen-bond donors (Lipinski definition) is 2. The zero-order valence-electron chi connectivity index (χ0n) is 56.4. The molecule has 0 aromatic carbocycles. The second kappa shape index (κ2) is 80.1. The van der Waals surface area contributed by atoms with Crippen molar-refractivity contribution >= 4 is 49.7 Å². The first kappa shape index (κ1) is 87.6. The molecule has 0 aliphatic rings. The van der Waals surface area contributed by atoms with E-state index in [1.54, 1.807) is 0 Å². The number of unbranched alkanes of at least 4 members (excludes halogenated alkanes) is 58. The van der Waals surface area contributed by atoms with Crippen molar-refractivity contribution in [2.45, 2.75) is 457 Å². The molecule has 0 aromatic rings. The fraction of sp³-hybridized carbons (Fsp3) is 0.973. The average Bonchev–Trinajstić information content (AvgIpc) is 3.45. The number of hydrogen-bond acceptors (Lipinski definition) is 6. The van der Waals surface area contributed by atoms with Gasteiger partial charge in [0.2, 0.25) is 0 Å². The Bertz CT molecular complexity index is 1040. The molecule has 0 heterocycles. The summed E-state index contributed by atoms with van der Waals surface area (Å²) in [5.41, 5.74) is 12.7. The number of aliphatic carboxylic acids is 2. The molecule has 0 unspecified atom stereocenters. The van der Waals surface area contributed by atoms with Gasteiger partial charge >= 0.3 is 37.7 Å². The molecular weight excluding hydrogens is 1020 g/mol. The van der Waals surface area contributed by atoms with Crippen LogP contribution >= 0.6 is 0 Å². The molecule has 81 heavy (non-hydrogen) atoms. The van der Waals surface area contributed by atoms with Gasteiger partial charge in [0.25, 0.3) is 0 Å². The summed E-state index contributed by atoms with van der Waals surface area (Å²) in [6, 6.07) is 0. The summed E-state index contributed by atoms with van der Waals surface area (Å²) in [5.74, 6) is -1.81. The molecule has 0 aliphatic heterocycles. The maximum Gasteiger partial charge on any atom is 2.00 e. The summed E-state index contributed by atoms with van der Waals surface area (Å²) in [6.45, 7) is 9.79. The first-order valence-electron chi connectivity index (χ1n) is 37.1. The Morgan fingerprint density at radius 3 is 0.494 bits per heavy atom. The maximum absolute atomic E-state index is 10.2. The normalized spacial score (nSPS) is 11.3. The van der Waals surface area contributed by atoms with Crippen molar-refractivity contribution in [1.82, 2.24) is 0 Å². The molecule has 0 atom stereocenters. The first-order valence-corrected chi connectivity index (χ1v) is 37.1. The maximum atomic E-state index is 10.2. The van der Waals surface area contributed by atoms with Crippen LogP contribution < -0.4 is 21.7 Å². The summed E-state index contributed by atoms with van der Waals surface area (Å²) >= 11 is 0. The zero-order chi connectivity index (χ0) is 59.0. The monoisotopic (exact) mass is 1170 g/mol. The van der Waals surface area contributed by atoms with E-state index in [9.17, 15) is 19.8 Å². The van der Waals surface area contributed by atoms with Gasteiger partial charge in [-0.1, -0.05) is 413 Å². The average molecular weight is 1170 g/mol. The van der Waals surface area contributed by atoms with E-state index >= 15 is 0 Å². The van der Waals surface area contributed by atoms with Gasteiger partial charge in [0.15, 0.2) is 0 Å². The van der Waals surface area contributed by atoms with E-state index in [0.717, 1.165) is 38.5 Å². The smallest absolute Gasteiger partial charge is 0.550 e. The molecule has 0 aromatic heterocycles. The number of nitrogens with two attached hydrogens (primary N) is 2. The second-order valence-electron chi connectivity index (χ2n) is 25.8. The molecule has 0 fully saturated rings. The van der Waals surface area contributed by atoms with E-state index in [0.29, 0.717) is 6.54 Å². The topological polar surface area (TPSA) is 132 Å². The molecule has 0 aliphatic carbocycles. The molecule has 0 radical (unpaired) electrons. The first-order chi connectivity index (χ1) is 39.2. The fourth-order valence-corrected chi connectivity index (χ4v) is 11.7. The van der Waals surface area contributed by atoms with Crippen LogP contribution in [0.15, 0.2) is 0 Å². The predicted octanol–water partition coefficient (Wildman–Crippen LogP) is 22.6. The number of rotatable bonds is 67. The second-order valence-corrected chi connectivity index (χ2v) is 25.8. The summed E-state index contributed by atoms with van der Waals surface area (Å²) in [4.78, 5) is 20.4. The van der Waals surface area contributed by atoms with E-state index in [1.807, 2.05) is 0 Å². The van der Waals surface area contributed by atoms with Crippen LogP contribution in [0.4, 0.5) is 0 Å². The number of carbonyl (C=O) groups is 2. The fourth-order valence-electron chi connectivity index (χ4n) is 11.7. The largest absolute Gasteiger partial charge is 2.00 e. The van der Waals surface area contributed by atoms with Crippen molar-refractivity contribution in [1.29, 1.82) is 0 Å². The van der Waals surface area contributed by atoms with Crippen LogP contribution in [0.5, 0.6) is 0 Å². The number of carboxylic acid groups (broad SMARTS) is 2. The molecular formula is C74H150CaN2O4. The van der Waals surface area contributed by atoms with Crippen molar-refractivity contribution in [3.63, 3.8) is 0 Å². The summed E-state index contributed by atoms with van der Waals surface area (Å²) in [5, 5.41) is 20.4. The number of carbonyl (C=O) groups excluding carboxylic acids is 2. The molecule has 0 saturated carbocycles. The van der Waals surface area contributed by atoms with Gasteiger partial charge in [0.05, 0.1) is 0 Å². The van der Waals surface area contributed by atoms with Crippen LogP contribution in [-0.4, -0.2) is 61.8 Å². The van der Waals surface area contributed by atoms with Crippen LogP contribution in [0.3, 0.4) is 0 Å². The zero-order valence-corrected chi connectivity index (χ0v) is 58.6. The van der Waals surface area contributed by atoms with Gasteiger partial charge in [-0.2, -0.15) is 0 Å². The van der Waals surface area contributed by atoms with Crippen LogP contribution in [0.2, 0.25) is 0 Å². The van der Waals surface area contributed by atoms with Gasteiger partial charge < -0.3 is 31.3 Å². The number of carboxylic acids is 2. The van der Waals surface area contributed by atoms with Gasteiger partial charge in [0, 0.05) is 24.0 Å². The Morgan fingerprint density at radius 1 is 0.247 bits per heavy atom. The Kier molecular flexibility index (Phi) is 86.6. The third-order valence-electron chi connectivity index (χ3n) is 17.4. The van der Waals surface area contributed by atoms with E-state index in [2.05, 4.69) is 27.7 Å². The van der Waals surface area contributed by atoms with Gasteiger partial charge in [-0.15, -0.1) is 0 Å². The third kappa shape index (κ3) is 86.6. The molecule has 0 amide bonds. The summed E-state index contributed by atoms with van der Waals surface area (Å²) in [7, 11) is 0. The minimum Gasteiger partial charge on any atom is -0.550 e. The van der Waals surface area contributed by atoms with Crippen LogP contribution in [-0.2, 0) is 9.59 Å². The molecule has 0 spiro atoms. The molecule has 6 nitrogen and oxygen atoms in total. The van der Waals surface area contributed by atoms with Gasteiger partial charge in [-0.3, -0.25) is 0 Å². The third-order valence-corrected chi connectivity index (χ3v) is 17.4. The quantitative estimate of drug-likeness (QED) is 0.0460. The molecule has 482 valence electrons. The van der Waals surface area contributed by atoms with E-state index in [4.69, 9.17) is 11.5 Å². The standard InChI is InChI=1S/C38H80N2.2C18H36O2.Ca/c1-3-5-7-9-11-13-15-17-19-21-23-25-27-29-31-33-35-38(40,37-39)36-34-32-30-28-26-24-22-20-18-16-14-12-10-8-6-4-2;2*1-2-3-4-5-6-7-8-9-10-11-12-13-14-15-16-17-18(19)20;/h3-37,39-40H2,1-2H3;2*2-17H2,1H3,(H,19,20);/q;;;+2/p-2. The van der Waals surface area contributed by atoms with Gasteiger partial charge in [-0.25, -0.2) is 0 Å². The minimum atomic E-state index is -0.903. The van der Waals surface area contributed by atoms with Crippen molar-refractivity contribution in [3.05, 3.63) is 0 Å². The SMILES string of the molecule is CCCCCCCCCCCCCCCCCC(=O)[O-].CCCCCCCCCCCCCCCCCC(=O)[O-].CCCCCCCCCCCCCCCCCCC(N)(CN)CCCCCCCCCCCCCCCCCC.[Ca+2]. The van der Waals surface area contributed by atoms with Crippen molar-refractivity contribution in [2.24, 2.45) is 11.5 Å². The van der Waals surface area contributed by atoms with E-state index in [1.165, 1.54) is 372 Å². The van der Waals surface area contributed by atoms with Crippen LogP contribution in [0.25, 0.3) is 0 Å². The van der Waals surface area contributed by atoms with Crippen LogP contribution in [0.1, 0.15) is 451 Å². The van der Waals surface area contributed by atoms with E-state index in [-0.39, 0.29) is 56.1 Å². The molecule has 4 N–H and O–H groups in total. The van der Waals surface area contributed by atoms with E-state index < -0.39 is 11.9 Å². The molecule has 0 saturated heterocycles. The Hall–Kier alpha value is 0.120. The minimum absolute atomic E-state index is 0. The van der Waals surface area contributed by atoms with Gasteiger partial charge in [0.1, 0.15) is 0 Å². The molecule has 0 bridgehead atoms. The summed E-state index contributed by atoms with van der Waals surface area (Å²) in [6.07, 6.45) is 87.5. The Balaban J connectivity index is -0.000000606. The predicted molar refractivity (Wildman–Crippen MR) is 359 cm³/mol. The Morgan fingerprint density at radius 2 is 0.370 bits per heavy atom. The molecule has 0 rings (SSSR count). The Labute approximate surface area is 540 Å².